The second-order valence-electron chi connectivity index (χ2n) is 3.42. The molecular weight excluding hydrogens is 168 g/mol. The molecule has 3 unspecified atom stereocenters. The average Bonchev–Trinajstić information content (AvgIpc) is 2.64. The largest absolute Gasteiger partial charge is 0.240 e. The van der Waals surface area contributed by atoms with E-state index in [0.29, 0.717) is 5.92 Å². The van der Waals surface area contributed by atoms with E-state index in [4.69, 9.17) is 0 Å². The van der Waals surface area contributed by atoms with Gasteiger partial charge in [0.25, 0.3) is 0 Å². The van der Waals surface area contributed by atoms with Gasteiger partial charge in [-0.1, -0.05) is 6.08 Å². The van der Waals surface area contributed by atoms with Gasteiger partial charge >= 0.3 is 0 Å². The molecule has 66 valence electrons. The number of hydrogen-bond acceptors (Lipinski definition) is 4. The number of nitrogens with zero attached hydrogens (tertiary/aromatic N) is 2. The van der Waals surface area contributed by atoms with Crippen molar-refractivity contribution < 1.29 is 9.59 Å². The maximum atomic E-state index is 10.1. The molecule has 1 fully saturated rings. The molecule has 4 heteroatoms. The van der Waals surface area contributed by atoms with Crippen LogP contribution in [0.4, 0.5) is 0 Å². The van der Waals surface area contributed by atoms with E-state index in [1.165, 1.54) is 6.08 Å². The Hall–Kier alpha value is -1.50. The first kappa shape index (κ1) is 8.11. The zero-order valence-electron chi connectivity index (χ0n) is 6.93. The highest BCUT2D eigenvalue weighted by molar-refractivity contribution is 5.41. The highest BCUT2D eigenvalue weighted by atomic mass is 16.1. The van der Waals surface area contributed by atoms with Gasteiger partial charge in [-0.25, -0.2) is 14.6 Å². The van der Waals surface area contributed by atoms with E-state index in [1.54, 1.807) is 6.08 Å². The van der Waals surface area contributed by atoms with Crippen molar-refractivity contribution in [3.8, 4) is 0 Å². The molecule has 0 radical (unpaired) electrons. The third-order valence-electron chi connectivity index (χ3n) is 2.75. The van der Waals surface area contributed by atoms with Crippen molar-refractivity contribution >= 4 is 12.2 Å². The Morgan fingerprint density at radius 2 is 2.15 bits per heavy atom. The van der Waals surface area contributed by atoms with Gasteiger partial charge < -0.3 is 0 Å². The van der Waals surface area contributed by atoms with Crippen molar-refractivity contribution in [2.24, 2.45) is 21.8 Å². The van der Waals surface area contributed by atoms with Crippen LogP contribution in [0.2, 0.25) is 0 Å². The Balaban J connectivity index is 2.24. The van der Waals surface area contributed by atoms with Crippen LogP contribution in [0.15, 0.2) is 21.8 Å². The maximum absolute atomic E-state index is 10.1. The van der Waals surface area contributed by atoms with Crippen LogP contribution in [-0.2, 0) is 9.59 Å². The van der Waals surface area contributed by atoms with E-state index >= 15 is 0 Å². The third kappa shape index (κ3) is 1.26. The normalized spacial score (nSPS) is 34.8. The zero-order chi connectivity index (χ0) is 9.26. The van der Waals surface area contributed by atoms with Gasteiger partial charge in [0.1, 0.15) is 0 Å². The van der Waals surface area contributed by atoms with Gasteiger partial charge in [0.15, 0.2) is 0 Å². The van der Waals surface area contributed by atoms with Crippen LogP contribution in [-0.4, -0.2) is 18.2 Å². The molecule has 0 aromatic carbocycles. The summed E-state index contributed by atoms with van der Waals surface area (Å²) in [5, 5.41) is 0. The molecule has 0 saturated heterocycles. The van der Waals surface area contributed by atoms with E-state index in [2.05, 4.69) is 9.98 Å². The number of fused-ring (bicyclic) bond motifs is 2. The number of allylic oxidation sites excluding steroid dienone is 1. The van der Waals surface area contributed by atoms with Crippen LogP contribution in [0, 0.1) is 11.8 Å². The van der Waals surface area contributed by atoms with Crippen molar-refractivity contribution in [3.63, 3.8) is 0 Å². The first-order chi connectivity index (χ1) is 6.35. The number of aliphatic imine (C=N–C) groups is 2. The number of hydrogen-bond donors (Lipinski definition) is 0. The molecule has 0 amide bonds. The topological polar surface area (TPSA) is 58.9 Å². The summed E-state index contributed by atoms with van der Waals surface area (Å²) in [5.41, 5.74) is 0.746. The van der Waals surface area contributed by atoms with Gasteiger partial charge in [-0.3, -0.25) is 0 Å². The van der Waals surface area contributed by atoms with E-state index in [1.807, 2.05) is 6.08 Å². The number of isocyanates is 2. The smallest absolute Gasteiger partial charge is 0.211 e. The molecule has 4 nitrogen and oxygen atoms in total. The Kier molecular flexibility index (Phi) is 1.93. The van der Waals surface area contributed by atoms with Gasteiger partial charge in [0.05, 0.1) is 11.7 Å². The predicted octanol–water partition coefficient (Wildman–Crippen LogP) is 0.950. The summed E-state index contributed by atoms with van der Waals surface area (Å²) < 4.78 is 0. The zero-order valence-corrected chi connectivity index (χ0v) is 6.93. The molecule has 2 aliphatic rings. The fraction of sp³-hybridized carbons (Fsp3) is 0.556. The quantitative estimate of drug-likeness (QED) is 0.464. The van der Waals surface area contributed by atoms with Crippen LogP contribution in [0.5, 0.6) is 0 Å². The molecule has 0 heterocycles. The summed E-state index contributed by atoms with van der Waals surface area (Å²) in [6.45, 7) is 0. The highest BCUT2D eigenvalue weighted by Gasteiger charge is 2.41. The standard InChI is InChI=1S/C9H8N2O2/c12-4-10-8-2-6-1-7(8)9(3-6)11-5-13/h2,6-7,9H,1,3H2. The predicted molar refractivity (Wildman–Crippen MR) is 44.3 cm³/mol. The first-order valence-corrected chi connectivity index (χ1v) is 4.21. The van der Waals surface area contributed by atoms with Crippen molar-refractivity contribution in [2.45, 2.75) is 18.9 Å². The van der Waals surface area contributed by atoms with Crippen molar-refractivity contribution in [2.75, 3.05) is 0 Å². The summed E-state index contributed by atoms with van der Waals surface area (Å²) in [6.07, 6.45) is 6.91. The monoisotopic (exact) mass is 176 g/mol. The molecule has 0 aromatic rings. The molecule has 2 bridgehead atoms. The van der Waals surface area contributed by atoms with E-state index in [0.717, 1.165) is 18.5 Å². The van der Waals surface area contributed by atoms with Crippen molar-refractivity contribution in [1.82, 2.24) is 0 Å². The Morgan fingerprint density at radius 1 is 1.31 bits per heavy atom. The first-order valence-electron chi connectivity index (χ1n) is 4.21. The summed E-state index contributed by atoms with van der Waals surface area (Å²) in [5.74, 6) is 0.576. The summed E-state index contributed by atoms with van der Waals surface area (Å²) in [4.78, 5) is 27.5. The van der Waals surface area contributed by atoms with Crippen LogP contribution in [0.1, 0.15) is 12.8 Å². The summed E-state index contributed by atoms with van der Waals surface area (Å²) in [6, 6.07) is -0.0143. The van der Waals surface area contributed by atoms with Gasteiger partial charge in [0, 0.05) is 5.92 Å². The van der Waals surface area contributed by atoms with Gasteiger partial charge in [-0.15, -0.1) is 0 Å². The lowest BCUT2D eigenvalue weighted by Gasteiger charge is -2.13. The SMILES string of the molecule is O=C=NC1=CC2CC(N=C=O)C1C2. The lowest BCUT2D eigenvalue weighted by Crippen LogP contribution is -2.14. The third-order valence-corrected chi connectivity index (χ3v) is 2.75. The van der Waals surface area contributed by atoms with Crippen molar-refractivity contribution in [3.05, 3.63) is 11.8 Å². The lowest BCUT2D eigenvalue weighted by molar-refractivity contribution is 0.521. The van der Waals surface area contributed by atoms with Gasteiger partial charge in [-0.2, -0.15) is 4.99 Å². The van der Waals surface area contributed by atoms with Gasteiger partial charge in [0.2, 0.25) is 12.2 Å². The number of rotatable bonds is 2. The minimum absolute atomic E-state index is 0.0143. The minimum atomic E-state index is -0.0143. The Labute approximate surface area is 75.1 Å². The molecule has 13 heavy (non-hydrogen) atoms. The van der Waals surface area contributed by atoms with Crippen LogP contribution >= 0.6 is 0 Å². The van der Waals surface area contributed by atoms with Crippen LogP contribution in [0.3, 0.4) is 0 Å². The van der Waals surface area contributed by atoms with E-state index in [9.17, 15) is 9.59 Å². The fourth-order valence-electron chi connectivity index (χ4n) is 2.26. The Bertz CT molecular complexity index is 349. The molecule has 0 N–H and O–H groups in total. The molecule has 0 spiro atoms. The molecule has 0 aliphatic heterocycles. The lowest BCUT2D eigenvalue weighted by atomic mass is 9.99. The molecule has 3 atom stereocenters. The summed E-state index contributed by atoms with van der Waals surface area (Å²) in [7, 11) is 0. The Morgan fingerprint density at radius 3 is 2.77 bits per heavy atom. The minimum Gasteiger partial charge on any atom is -0.211 e. The van der Waals surface area contributed by atoms with E-state index in [-0.39, 0.29) is 12.0 Å². The van der Waals surface area contributed by atoms with Gasteiger partial charge in [-0.05, 0) is 18.8 Å². The summed E-state index contributed by atoms with van der Waals surface area (Å²) >= 11 is 0. The molecule has 1 saturated carbocycles. The maximum Gasteiger partial charge on any atom is 0.240 e. The highest BCUT2D eigenvalue weighted by Crippen LogP contribution is 2.45. The molecule has 0 aromatic heterocycles. The van der Waals surface area contributed by atoms with E-state index < -0.39 is 0 Å². The van der Waals surface area contributed by atoms with Crippen LogP contribution < -0.4 is 0 Å². The van der Waals surface area contributed by atoms with Crippen LogP contribution in [0.25, 0.3) is 0 Å². The second-order valence-corrected chi connectivity index (χ2v) is 3.42. The molecule has 2 aliphatic carbocycles. The number of carbonyl (C=O) groups excluding carboxylic acids is 2. The molecule has 2 rings (SSSR count). The fourth-order valence-corrected chi connectivity index (χ4v) is 2.26. The van der Waals surface area contributed by atoms with Crippen molar-refractivity contribution in [1.29, 1.82) is 0 Å². The second kappa shape index (κ2) is 3.09. The molecular formula is C9H8N2O2. The average molecular weight is 176 g/mol.